The molecule has 3 atom stereocenters. The smallest absolute Gasteiger partial charge is 0.249 e. The second-order valence-electron chi connectivity index (χ2n) is 11.6. The third-order valence-electron chi connectivity index (χ3n) is 7.65. The zero-order chi connectivity index (χ0) is 29.0. The van der Waals surface area contributed by atoms with Crippen molar-refractivity contribution in [2.45, 2.75) is 180 Å². The fourth-order valence-corrected chi connectivity index (χ4v) is 4.91. The number of unbranched alkanes of at least 4 members (excludes halogenated alkanes) is 17. The van der Waals surface area contributed by atoms with Crippen LogP contribution in [0.25, 0.3) is 0 Å². The van der Waals surface area contributed by atoms with E-state index in [-0.39, 0.29) is 6.61 Å². The highest BCUT2D eigenvalue weighted by molar-refractivity contribution is 5.80. The lowest BCUT2D eigenvalue weighted by Crippen LogP contribution is -2.48. The lowest BCUT2D eigenvalue weighted by Gasteiger charge is -2.21. The van der Waals surface area contributed by atoms with E-state index in [0.717, 1.165) is 38.5 Å². The van der Waals surface area contributed by atoms with Gasteiger partial charge in [0.2, 0.25) is 5.91 Å². The van der Waals surface area contributed by atoms with E-state index in [1.165, 1.54) is 102 Å². The van der Waals surface area contributed by atoms with Crippen LogP contribution in [0, 0.1) is 0 Å². The molecule has 0 bridgehead atoms. The summed E-state index contributed by atoms with van der Waals surface area (Å²) in [4.78, 5) is 12.3. The number of nitrogens with one attached hydrogen (secondary N) is 1. The van der Waals surface area contributed by atoms with Gasteiger partial charge in [-0.2, -0.15) is 0 Å². The van der Waals surface area contributed by atoms with Gasteiger partial charge in [-0.1, -0.05) is 147 Å². The van der Waals surface area contributed by atoms with E-state index in [0.29, 0.717) is 6.42 Å². The Morgan fingerprint density at radius 2 is 1.21 bits per heavy atom. The van der Waals surface area contributed by atoms with Gasteiger partial charge >= 0.3 is 0 Å². The quantitative estimate of drug-likeness (QED) is 0.0581. The van der Waals surface area contributed by atoms with Gasteiger partial charge in [0, 0.05) is 0 Å². The summed E-state index contributed by atoms with van der Waals surface area (Å²) in [5, 5.41) is 32.8. The number of carbonyl (C=O) groups excluding carboxylic acids is 1. The molecular weight excluding hydrogens is 486 g/mol. The predicted molar refractivity (Wildman–Crippen MR) is 167 cm³/mol. The third kappa shape index (κ3) is 24.4. The van der Waals surface area contributed by atoms with Gasteiger partial charge in [-0.15, -0.1) is 0 Å². The molecule has 4 N–H and O–H groups in total. The van der Waals surface area contributed by atoms with Crippen LogP contribution in [0.15, 0.2) is 23.8 Å². The molecule has 1 amide bonds. The summed E-state index contributed by atoms with van der Waals surface area (Å²) in [7, 11) is 0. The Balaban J connectivity index is 3.98. The molecule has 0 aromatic heterocycles. The number of amides is 1. The minimum absolute atomic E-state index is 0.375. The summed E-state index contributed by atoms with van der Waals surface area (Å²) in [6.45, 7) is 6.31. The van der Waals surface area contributed by atoms with Gasteiger partial charge in [0.15, 0.2) is 0 Å². The Bertz CT molecular complexity index is 604. The minimum Gasteiger partial charge on any atom is -0.394 e. The first-order valence-electron chi connectivity index (χ1n) is 16.6. The maximum atomic E-state index is 12.3. The number of rotatable bonds is 28. The molecule has 39 heavy (non-hydrogen) atoms. The van der Waals surface area contributed by atoms with Gasteiger partial charge in [0.25, 0.3) is 0 Å². The van der Waals surface area contributed by atoms with Gasteiger partial charge in [-0.3, -0.25) is 4.79 Å². The molecule has 0 saturated carbocycles. The van der Waals surface area contributed by atoms with Gasteiger partial charge in [-0.05, 0) is 39.0 Å². The maximum Gasteiger partial charge on any atom is 0.249 e. The summed E-state index contributed by atoms with van der Waals surface area (Å²) in [5.74, 6) is -0.516. The standard InChI is InChI=1S/C34H65NO4/c1-4-6-8-10-12-13-14-15-17-19-23-28-33(38)34(39)35-31(29-36)32(37)27-24-20-22-26-30(3)25-21-18-16-11-9-7-5-2/h24,26-27,31-33,36-38H,4-23,25,28-29H2,1-3H3,(H,35,39). The van der Waals surface area contributed by atoms with Crippen molar-refractivity contribution in [2.75, 3.05) is 6.61 Å². The Labute approximate surface area is 241 Å². The van der Waals surface area contributed by atoms with E-state index in [2.05, 4.69) is 32.2 Å². The van der Waals surface area contributed by atoms with E-state index in [9.17, 15) is 20.1 Å². The molecule has 0 spiro atoms. The number of aliphatic hydroxyl groups is 3. The van der Waals surface area contributed by atoms with E-state index >= 15 is 0 Å². The highest BCUT2D eigenvalue weighted by Crippen LogP contribution is 2.14. The highest BCUT2D eigenvalue weighted by atomic mass is 16.3. The van der Waals surface area contributed by atoms with E-state index < -0.39 is 24.2 Å². The van der Waals surface area contributed by atoms with Gasteiger partial charge < -0.3 is 20.6 Å². The zero-order valence-corrected chi connectivity index (χ0v) is 26.0. The van der Waals surface area contributed by atoms with Crippen LogP contribution in [-0.4, -0.2) is 46.1 Å². The van der Waals surface area contributed by atoms with Crippen LogP contribution in [0.5, 0.6) is 0 Å². The Morgan fingerprint density at radius 3 is 1.72 bits per heavy atom. The van der Waals surface area contributed by atoms with Crippen LogP contribution < -0.4 is 5.32 Å². The second-order valence-corrected chi connectivity index (χ2v) is 11.6. The molecular formula is C34H65NO4. The Morgan fingerprint density at radius 1 is 0.718 bits per heavy atom. The normalized spacial score (nSPS) is 14.6. The first-order valence-corrected chi connectivity index (χ1v) is 16.6. The first kappa shape index (κ1) is 37.8. The van der Waals surface area contributed by atoms with Crippen LogP contribution in [-0.2, 0) is 4.79 Å². The SMILES string of the molecule is CCCCCCCCCCCCCC(O)C(=O)NC(CO)C(O)C=CCCC=C(C)CCCCCCCCC. The van der Waals surface area contributed by atoms with Gasteiger partial charge in [0.1, 0.15) is 6.10 Å². The van der Waals surface area contributed by atoms with Crippen molar-refractivity contribution in [1.29, 1.82) is 0 Å². The maximum absolute atomic E-state index is 12.3. The molecule has 5 nitrogen and oxygen atoms in total. The first-order chi connectivity index (χ1) is 19.0. The molecule has 0 aliphatic rings. The number of carbonyl (C=O) groups is 1. The van der Waals surface area contributed by atoms with Crippen molar-refractivity contribution in [3.8, 4) is 0 Å². The predicted octanol–water partition coefficient (Wildman–Crippen LogP) is 8.31. The second kappa shape index (κ2) is 28.4. The molecule has 0 heterocycles. The van der Waals surface area contributed by atoms with Gasteiger partial charge in [-0.25, -0.2) is 0 Å². The zero-order valence-electron chi connectivity index (χ0n) is 26.0. The third-order valence-corrected chi connectivity index (χ3v) is 7.65. The molecule has 5 heteroatoms. The van der Waals surface area contributed by atoms with Gasteiger partial charge in [0.05, 0.1) is 18.8 Å². The van der Waals surface area contributed by atoms with Crippen LogP contribution in [0.3, 0.4) is 0 Å². The van der Waals surface area contributed by atoms with Crippen LogP contribution in [0.4, 0.5) is 0 Å². The fourth-order valence-electron chi connectivity index (χ4n) is 4.91. The van der Waals surface area contributed by atoms with Crippen molar-refractivity contribution in [3.63, 3.8) is 0 Å². The van der Waals surface area contributed by atoms with Crippen molar-refractivity contribution < 1.29 is 20.1 Å². The summed E-state index contributed by atoms with van der Waals surface area (Å²) in [5.41, 5.74) is 1.42. The average molecular weight is 552 g/mol. The molecule has 0 rings (SSSR count). The molecule has 0 saturated heterocycles. The molecule has 3 unspecified atom stereocenters. The molecule has 0 aromatic carbocycles. The topological polar surface area (TPSA) is 89.8 Å². The summed E-state index contributed by atoms with van der Waals surface area (Å²) >= 11 is 0. The molecule has 0 aliphatic carbocycles. The van der Waals surface area contributed by atoms with Crippen LogP contribution in [0.1, 0.15) is 162 Å². The lowest BCUT2D eigenvalue weighted by atomic mass is 10.0. The molecule has 230 valence electrons. The number of hydrogen-bond acceptors (Lipinski definition) is 4. The summed E-state index contributed by atoms with van der Waals surface area (Å²) < 4.78 is 0. The monoisotopic (exact) mass is 551 g/mol. The number of aliphatic hydroxyl groups excluding tert-OH is 3. The van der Waals surface area contributed by atoms with Crippen molar-refractivity contribution in [3.05, 3.63) is 23.8 Å². The van der Waals surface area contributed by atoms with E-state index in [1.54, 1.807) is 6.08 Å². The minimum atomic E-state index is -1.10. The summed E-state index contributed by atoms with van der Waals surface area (Å²) in [6.07, 6.45) is 29.7. The summed E-state index contributed by atoms with van der Waals surface area (Å²) in [6, 6.07) is -0.810. The number of allylic oxidation sites excluding steroid dienone is 3. The highest BCUT2D eigenvalue weighted by Gasteiger charge is 2.22. The largest absolute Gasteiger partial charge is 0.394 e. The Kier molecular flexibility index (Phi) is 27.5. The lowest BCUT2D eigenvalue weighted by molar-refractivity contribution is -0.131. The van der Waals surface area contributed by atoms with Crippen molar-refractivity contribution in [1.82, 2.24) is 5.32 Å². The van der Waals surface area contributed by atoms with Crippen molar-refractivity contribution >= 4 is 5.91 Å². The van der Waals surface area contributed by atoms with Crippen molar-refractivity contribution in [2.24, 2.45) is 0 Å². The van der Waals surface area contributed by atoms with E-state index in [1.807, 2.05) is 6.08 Å². The Hall–Kier alpha value is -1.17. The van der Waals surface area contributed by atoms with Crippen LogP contribution >= 0.6 is 0 Å². The van der Waals surface area contributed by atoms with Crippen LogP contribution in [0.2, 0.25) is 0 Å². The van der Waals surface area contributed by atoms with E-state index in [4.69, 9.17) is 0 Å². The molecule has 0 fully saturated rings. The molecule has 0 aliphatic heterocycles. The number of hydrogen-bond donors (Lipinski definition) is 4. The molecule has 0 aromatic rings. The fraction of sp³-hybridized carbons (Fsp3) is 0.853. The average Bonchev–Trinajstić information content (AvgIpc) is 2.93. The molecule has 0 radical (unpaired) electrons.